The Morgan fingerprint density at radius 1 is 1.13 bits per heavy atom. The van der Waals surface area contributed by atoms with Crippen LogP contribution in [0.5, 0.6) is 0 Å². The summed E-state index contributed by atoms with van der Waals surface area (Å²) in [7, 11) is 1.72. The van der Waals surface area contributed by atoms with Gasteiger partial charge in [0.05, 0.1) is 17.1 Å². The van der Waals surface area contributed by atoms with Crippen LogP contribution in [0.25, 0.3) is 22.4 Å². The Balaban J connectivity index is 1.40. The van der Waals surface area contributed by atoms with Gasteiger partial charge in [-0.2, -0.15) is 0 Å². The highest BCUT2D eigenvalue weighted by atomic mass is 19.1. The third-order valence-corrected chi connectivity index (χ3v) is 5.58. The second-order valence-electron chi connectivity index (χ2n) is 7.40. The maximum absolute atomic E-state index is 13.4. The zero-order chi connectivity index (χ0) is 20.7. The van der Waals surface area contributed by atoms with Gasteiger partial charge in [-0.25, -0.2) is 19.3 Å². The van der Waals surface area contributed by atoms with Crippen LogP contribution in [-0.4, -0.2) is 37.8 Å². The van der Waals surface area contributed by atoms with Crippen molar-refractivity contribution in [3.8, 4) is 11.4 Å². The Bertz CT molecular complexity index is 1260. The Labute approximate surface area is 171 Å². The molecule has 0 unspecified atom stereocenters. The van der Waals surface area contributed by atoms with Crippen LogP contribution >= 0.6 is 0 Å². The van der Waals surface area contributed by atoms with Gasteiger partial charge in [-0.05, 0) is 31.0 Å². The quantitative estimate of drug-likeness (QED) is 0.517. The molecule has 8 nitrogen and oxygen atoms in total. The molecule has 4 aromatic rings. The summed E-state index contributed by atoms with van der Waals surface area (Å²) >= 11 is 0. The van der Waals surface area contributed by atoms with Crippen LogP contribution in [0.2, 0.25) is 0 Å². The zero-order valence-electron chi connectivity index (χ0n) is 16.3. The second-order valence-corrected chi connectivity index (χ2v) is 7.40. The SMILES string of the molecule is Cn1c(N2CCC(c3noc4cc(F)ccc34)CC2)nc(-c2ccncn2)cc1=O. The summed E-state index contributed by atoms with van der Waals surface area (Å²) < 4.78 is 20.3. The largest absolute Gasteiger partial charge is 0.356 e. The minimum absolute atomic E-state index is 0.139. The van der Waals surface area contributed by atoms with Crippen LogP contribution in [0.3, 0.4) is 0 Å². The molecular formula is C21H19FN6O2. The van der Waals surface area contributed by atoms with Gasteiger partial charge in [0.2, 0.25) is 5.95 Å². The summed E-state index contributed by atoms with van der Waals surface area (Å²) in [5.41, 5.74) is 2.33. The summed E-state index contributed by atoms with van der Waals surface area (Å²) in [6.07, 6.45) is 4.72. The first-order valence-corrected chi connectivity index (χ1v) is 9.74. The summed E-state index contributed by atoms with van der Waals surface area (Å²) in [4.78, 5) is 27.4. The molecule has 1 aliphatic rings. The van der Waals surface area contributed by atoms with Gasteiger partial charge in [0, 0.05) is 49.8 Å². The molecule has 0 spiro atoms. The number of halogens is 1. The fraction of sp³-hybridized carbons (Fsp3) is 0.286. The van der Waals surface area contributed by atoms with E-state index in [-0.39, 0.29) is 17.3 Å². The van der Waals surface area contributed by atoms with Gasteiger partial charge in [0.15, 0.2) is 5.58 Å². The van der Waals surface area contributed by atoms with Crippen LogP contribution in [-0.2, 0) is 7.05 Å². The number of hydrogen-bond donors (Lipinski definition) is 0. The molecule has 3 aromatic heterocycles. The van der Waals surface area contributed by atoms with E-state index in [1.165, 1.54) is 24.5 Å². The van der Waals surface area contributed by atoms with Gasteiger partial charge >= 0.3 is 0 Å². The number of benzene rings is 1. The van der Waals surface area contributed by atoms with E-state index in [4.69, 9.17) is 9.51 Å². The lowest BCUT2D eigenvalue weighted by molar-refractivity contribution is 0.414. The highest BCUT2D eigenvalue weighted by molar-refractivity contribution is 5.80. The van der Waals surface area contributed by atoms with Gasteiger partial charge in [-0.1, -0.05) is 5.16 Å². The first kappa shape index (κ1) is 18.4. The fourth-order valence-corrected chi connectivity index (χ4v) is 3.96. The number of hydrogen-bond acceptors (Lipinski definition) is 7. The molecular weight excluding hydrogens is 387 g/mol. The van der Waals surface area contributed by atoms with E-state index in [1.54, 1.807) is 29.9 Å². The minimum atomic E-state index is -0.337. The normalized spacial score (nSPS) is 15.1. The molecule has 0 radical (unpaired) electrons. The third-order valence-electron chi connectivity index (χ3n) is 5.58. The van der Waals surface area contributed by atoms with Crippen LogP contribution in [0.4, 0.5) is 10.3 Å². The summed E-state index contributed by atoms with van der Waals surface area (Å²) in [5, 5.41) is 5.05. The standard InChI is InChI=1S/C21H19FN6O2/c1-27-19(29)11-17(16-4-7-23-12-24-16)25-21(27)28-8-5-13(6-9-28)20-15-3-2-14(22)10-18(15)30-26-20/h2-4,7,10-13H,5-6,8-9H2,1H3. The molecule has 0 aliphatic carbocycles. The molecule has 4 heterocycles. The van der Waals surface area contributed by atoms with Crippen molar-refractivity contribution < 1.29 is 8.91 Å². The third kappa shape index (κ3) is 3.22. The van der Waals surface area contributed by atoms with Crippen molar-refractivity contribution in [2.24, 2.45) is 7.05 Å². The lowest BCUT2D eigenvalue weighted by atomic mass is 9.92. The molecule has 0 saturated carbocycles. The maximum Gasteiger partial charge on any atom is 0.255 e. The molecule has 152 valence electrons. The van der Waals surface area contributed by atoms with Crippen molar-refractivity contribution >= 4 is 16.9 Å². The molecule has 1 aliphatic heterocycles. The van der Waals surface area contributed by atoms with Crippen molar-refractivity contribution in [1.82, 2.24) is 24.7 Å². The average molecular weight is 406 g/mol. The molecule has 0 amide bonds. The van der Waals surface area contributed by atoms with Crippen molar-refractivity contribution in [3.63, 3.8) is 0 Å². The van der Waals surface area contributed by atoms with Crippen molar-refractivity contribution in [2.75, 3.05) is 18.0 Å². The zero-order valence-corrected chi connectivity index (χ0v) is 16.3. The van der Waals surface area contributed by atoms with Gasteiger partial charge in [-0.3, -0.25) is 9.36 Å². The molecule has 0 bridgehead atoms. The molecule has 1 saturated heterocycles. The minimum Gasteiger partial charge on any atom is -0.356 e. The van der Waals surface area contributed by atoms with E-state index in [2.05, 4.69) is 20.0 Å². The molecule has 1 aromatic carbocycles. The van der Waals surface area contributed by atoms with Gasteiger partial charge in [-0.15, -0.1) is 0 Å². The van der Waals surface area contributed by atoms with Crippen molar-refractivity contribution in [2.45, 2.75) is 18.8 Å². The van der Waals surface area contributed by atoms with E-state index >= 15 is 0 Å². The Kier molecular flexibility index (Phi) is 4.50. The number of nitrogens with zero attached hydrogens (tertiary/aromatic N) is 6. The van der Waals surface area contributed by atoms with E-state index in [9.17, 15) is 9.18 Å². The monoisotopic (exact) mass is 406 g/mol. The van der Waals surface area contributed by atoms with Gasteiger partial charge in [0.25, 0.3) is 5.56 Å². The van der Waals surface area contributed by atoms with Gasteiger partial charge in [0.1, 0.15) is 12.1 Å². The topological polar surface area (TPSA) is 89.9 Å². The predicted molar refractivity (Wildman–Crippen MR) is 109 cm³/mol. The number of fused-ring (bicyclic) bond motifs is 1. The summed E-state index contributed by atoms with van der Waals surface area (Å²) in [6.45, 7) is 1.43. The highest BCUT2D eigenvalue weighted by Gasteiger charge is 2.27. The van der Waals surface area contributed by atoms with Crippen molar-refractivity contribution in [3.05, 3.63) is 64.7 Å². The maximum atomic E-state index is 13.4. The molecule has 0 atom stereocenters. The first-order chi connectivity index (χ1) is 14.6. The Morgan fingerprint density at radius 3 is 2.73 bits per heavy atom. The predicted octanol–water partition coefficient (Wildman–Crippen LogP) is 2.90. The Hall–Kier alpha value is -3.62. The van der Waals surface area contributed by atoms with Crippen LogP contribution < -0.4 is 10.5 Å². The van der Waals surface area contributed by atoms with E-state index < -0.39 is 0 Å². The average Bonchev–Trinajstić information content (AvgIpc) is 3.19. The van der Waals surface area contributed by atoms with Crippen molar-refractivity contribution in [1.29, 1.82) is 0 Å². The second kappa shape index (κ2) is 7.33. The molecule has 30 heavy (non-hydrogen) atoms. The fourth-order valence-electron chi connectivity index (χ4n) is 3.96. The molecule has 5 rings (SSSR count). The van der Waals surface area contributed by atoms with E-state index in [1.807, 2.05) is 0 Å². The Morgan fingerprint density at radius 2 is 1.97 bits per heavy atom. The van der Waals surface area contributed by atoms with E-state index in [0.29, 0.717) is 36.0 Å². The lowest BCUT2D eigenvalue weighted by Crippen LogP contribution is -2.37. The van der Waals surface area contributed by atoms with Crippen LogP contribution in [0.1, 0.15) is 24.5 Å². The van der Waals surface area contributed by atoms with E-state index in [0.717, 1.165) is 23.9 Å². The van der Waals surface area contributed by atoms with Crippen LogP contribution in [0.15, 0.2) is 52.2 Å². The first-order valence-electron chi connectivity index (χ1n) is 9.74. The van der Waals surface area contributed by atoms with Crippen LogP contribution in [0, 0.1) is 5.82 Å². The highest BCUT2D eigenvalue weighted by Crippen LogP contribution is 2.33. The number of rotatable bonds is 3. The smallest absolute Gasteiger partial charge is 0.255 e. The van der Waals surface area contributed by atoms with Gasteiger partial charge < -0.3 is 9.42 Å². The molecule has 0 N–H and O–H groups in total. The summed E-state index contributed by atoms with van der Waals surface area (Å²) in [5.74, 6) is 0.479. The number of aromatic nitrogens is 5. The molecule has 1 fully saturated rings. The lowest BCUT2D eigenvalue weighted by Gasteiger charge is -2.32. The molecule has 9 heteroatoms. The number of piperidine rings is 1. The summed E-state index contributed by atoms with van der Waals surface area (Å²) in [6, 6.07) is 7.73. The number of anilines is 1.